The Balaban J connectivity index is 1.94. The van der Waals surface area contributed by atoms with Crippen LogP contribution in [0.2, 0.25) is 0 Å². The third-order valence-corrected chi connectivity index (χ3v) is 3.39. The largest absolute Gasteiger partial charge is 0.496 e. The SMILES string of the molecule is COc1ccccc1CNC(=O)c1ccc(CNC(C)=O)cc1. The summed E-state index contributed by atoms with van der Waals surface area (Å²) < 4.78 is 5.26. The van der Waals surface area contributed by atoms with Crippen LogP contribution in [0.25, 0.3) is 0 Å². The maximum absolute atomic E-state index is 12.2. The predicted octanol–water partition coefficient (Wildman–Crippen LogP) is 2.26. The highest BCUT2D eigenvalue weighted by atomic mass is 16.5. The monoisotopic (exact) mass is 312 g/mol. The fraction of sp³-hybridized carbons (Fsp3) is 0.222. The Morgan fingerprint density at radius 3 is 2.30 bits per heavy atom. The molecule has 0 aliphatic carbocycles. The summed E-state index contributed by atoms with van der Waals surface area (Å²) in [6.45, 7) is 2.33. The third kappa shape index (κ3) is 4.85. The average molecular weight is 312 g/mol. The summed E-state index contributed by atoms with van der Waals surface area (Å²) in [6, 6.07) is 14.7. The van der Waals surface area contributed by atoms with Crippen molar-refractivity contribution in [1.82, 2.24) is 10.6 Å². The van der Waals surface area contributed by atoms with Gasteiger partial charge in [-0.05, 0) is 23.8 Å². The fourth-order valence-corrected chi connectivity index (χ4v) is 2.13. The van der Waals surface area contributed by atoms with E-state index in [1.54, 1.807) is 19.2 Å². The van der Waals surface area contributed by atoms with E-state index in [0.29, 0.717) is 18.7 Å². The van der Waals surface area contributed by atoms with Gasteiger partial charge in [0, 0.05) is 31.1 Å². The van der Waals surface area contributed by atoms with Crippen molar-refractivity contribution in [2.24, 2.45) is 0 Å². The molecule has 2 aromatic carbocycles. The number of para-hydroxylation sites is 1. The van der Waals surface area contributed by atoms with Gasteiger partial charge in [-0.3, -0.25) is 9.59 Å². The van der Waals surface area contributed by atoms with E-state index >= 15 is 0 Å². The molecule has 120 valence electrons. The molecule has 0 aromatic heterocycles. The maximum atomic E-state index is 12.2. The number of ether oxygens (including phenoxy) is 1. The van der Waals surface area contributed by atoms with Gasteiger partial charge in [0.05, 0.1) is 7.11 Å². The Bertz CT molecular complexity index is 681. The fourth-order valence-electron chi connectivity index (χ4n) is 2.13. The Kier molecular flexibility index (Phi) is 5.74. The van der Waals surface area contributed by atoms with E-state index in [1.165, 1.54) is 6.92 Å². The standard InChI is InChI=1S/C18H20N2O3/c1-13(21)19-11-14-7-9-15(10-8-14)18(22)20-12-16-5-3-4-6-17(16)23-2/h3-10H,11-12H2,1-2H3,(H,19,21)(H,20,22). The van der Waals surface area contributed by atoms with Crippen LogP contribution < -0.4 is 15.4 Å². The highest BCUT2D eigenvalue weighted by Gasteiger charge is 2.07. The smallest absolute Gasteiger partial charge is 0.251 e. The molecule has 0 saturated heterocycles. The number of nitrogens with one attached hydrogen (secondary N) is 2. The maximum Gasteiger partial charge on any atom is 0.251 e. The summed E-state index contributed by atoms with van der Waals surface area (Å²) in [7, 11) is 1.61. The third-order valence-electron chi connectivity index (χ3n) is 3.39. The highest BCUT2D eigenvalue weighted by molar-refractivity contribution is 5.94. The van der Waals surface area contributed by atoms with Gasteiger partial charge in [0.2, 0.25) is 5.91 Å². The van der Waals surface area contributed by atoms with Gasteiger partial charge in [-0.25, -0.2) is 0 Å². The van der Waals surface area contributed by atoms with Crippen molar-refractivity contribution in [3.05, 3.63) is 65.2 Å². The summed E-state index contributed by atoms with van der Waals surface area (Å²) in [4.78, 5) is 23.1. The van der Waals surface area contributed by atoms with Gasteiger partial charge in [0.25, 0.3) is 5.91 Å². The van der Waals surface area contributed by atoms with E-state index in [1.807, 2.05) is 36.4 Å². The van der Waals surface area contributed by atoms with E-state index in [9.17, 15) is 9.59 Å². The molecule has 0 radical (unpaired) electrons. The quantitative estimate of drug-likeness (QED) is 0.860. The number of carbonyl (C=O) groups excluding carboxylic acids is 2. The van der Waals surface area contributed by atoms with Crippen LogP contribution >= 0.6 is 0 Å². The first-order valence-electron chi connectivity index (χ1n) is 7.33. The van der Waals surface area contributed by atoms with Crippen LogP contribution in [-0.4, -0.2) is 18.9 Å². The molecule has 0 unspecified atom stereocenters. The van der Waals surface area contributed by atoms with Gasteiger partial charge in [0.1, 0.15) is 5.75 Å². The molecule has 5 heteroatoms. The first-order valence-corrected chi connectivity index (χ1v) is 7.33. The number of hydrogen-bond acceptors (Lipinski definition) is 3. The van der Waals surface area contributed by atoms with Crippen LogP contribution in [0.5, 0.6) is 5.75 Å². The summed E-state index contributed by atoms with van der Waals surface area (Å²) >= 11 is 0. The molecular formula is C18H20N2O3. The molecule has 2 amide bonds. The molecular weight excluding hydrogens is 292 g/mol. The van der Waals surface area contributed by atoms with Crippen molar-refractivity contribution in [2.45, 2.75) is 20.0 Å². The first-order chi connectivity index (χ1) is 11.1. The van der Waals surface area contributed by atoms with Crippen molar-refractivity contribution >= 4 is 11.8 Å². The molecule has 2 aromatic rings. The minimum atomic E-state index is -0.151. The van der Waals surface area contributed by atoms with E-state index in [-0.39, 0.29) is 11.8 Å². The zero-order chi connectivity index (χ0) is 16.7. The first kappa shape index (κ1) is 16.5. The van der Waals surface area contributed by atoms with Gasteiger partial charge in [0.15, 0.2) is 0 Å². The topological polar surface area (TPSA) is 67.4 Å². The molecule has 0 saturated carbocycles. The van der Waals surface area contributed by atoms with Crippen LogP contribution in [0, 0.1) is 0 Å². The molecule has 0 aliphatic rings. The molecule has 2 N–H and O–H groups in total. The van der Waals surface area contributed by atoms with Gasteiger partial charge >= 0.3 is 0 Å². The minimum absolute atomic E-state index is 0.0800. The lowest BCUT2D eigenvalue weighted by molar-refractivity contribution is -0.119. The molecule has 2 rings (SSSR count). The molecule has 0 atom stereocenters. The van der Waals surface area contributed by atoms with Crippen molar-refractivity contribution < 1.29 is 14.3 Å². The molecule has 0 heterocycles. The van der Waals surface area contributed by atoms with Crippen LogP contribution in [0.3, 0.4) is 0 Å². The van der Waals surface area contributed by atoms with Crippen LogP contribution in [-0.2, 0) is 17.9 Å². The number of carbonyl (C=O) groups is 2. The lowest BCUT2D eigenvalue weighted by Crippen LogP contribution is -2.23. The van der Waals surface area contributed by atoms with Crippen LogP contribution in [0.4, 0.5) is 0 Å². The number of benzene rings is 2. The zero-order valence-corrected chi connectivity index (χ0v) is 13.3. The zero-order valence-electron chi connectivity index (χ0n) is 13.3. The lowest BCUT2D eigenvalue weighted by Gasteiger charge is -2.10. The minimum Gasteiger partial charge on any atom is -0.496 e. The molecule has 5 nitrogen and oxygen atoms in total. The Hall–Kier alpha value is -2.82. The number of hydrogen-bond donors (Lipinski definition) is 2. The van der Waals surface area contributed by atoms with E-state index in [2.05, 4.69) is 10.6 Å². The van der Waals surface area contributed by atoms with E-state index in [4.69, 9.17) is 4.74 Å². The van der Waals surface area contributed by atoms with Crippen molar-refractivity contribution in [2.75, 3.05) is 7.11 Å². The highest BCUT2D eigenvalue weighted by Crippen LogP contribution is 2.16. The average Bonchev–Trinajstić information content (AvgIpc) is 2.58. The molecule has 0 spiro atoms. The van der Waals surface area contributed by atoms with Gasteiger partial charge < -0.3 is 15.4 Å². The Morgan fingerprint density at radius 2 is 1.65 bits per heavy atom. The lowest BCUT2D eigenvalue weighted by atomic mass is 10.1. The molecule has 0 fully saturated rings. The van der Waals surface area contributed by atoms with E-state index < -0.39 is 0 Å². The second-order valence-electron chi connectivity index (χ2n) is 5.10. The van der Waals surface area contributed by atoms with Crippen molar-refractivity contribution in [3.8, 4) is 5.75 Å². The van der Waals surface area contributed by atoms with E-state index in [0.717, 1.165) is 16.9 Å². The number of methoxy groups -OCH3 is 1. The molecule has 0 aliphatic heterocycles. The van der Waals surface area contributed by atoms with Crippen LogP contribution in [0.1, 0.15) is 28.4 Å². The summed E-state index contributed by atoms with van der Waals surface area (Å²) in [5.41, 5.74) is 2.44. The number of rotatable bonds is 6. The van der Waals surface area contributed by atoms with Crippen LogP contribution in [0.15, 0.2) is 48.5 Å². The molecule has 0 bridgehead atoms. The van der Waals surface area contributed by atoms with Gasteiger partial charge in [-0.1, -0.05) is 30.3 Å². The summed E-state index contributed by atoms with van der Waals surface area (Å²) in [6.07, 6.45) is 0. The second-order valence-corrected chi connectivity index (χ2v) is 5.10. The predicted molar refractivity (Wildman–Crippen MR) is 88.1 cm³/mol. The van der Waals surface area contributed by atoms with Gasteiger partial charge in [-0.15, -0.1) is 0 Å². The Labute approximate surface area is 135 Å². The van der Waals surface area contributed by atoms with Gasteiger partial charge in [-0.2, -0.15) is 0 Å². The summed E-state index contributed by atoms with van der Waals surface area (Å²) in [5, 5.41) is 5.59. The number of amides is 2. The second kappa shape index (κ2) is 7.98. The van der Waals surface area contributed by atoms with Crippen molar-refractivity contribution in [3.63, 3.8) is 0 Å². The Morgan fingerprint density at radius 1 is 0.957 bits per heavy atom. The summed E-state index contributed by atoms with van der Waals surface area (Å²) in [5.74, 6) is 0.518. The van der Waals surface area contributed by atoms with Crippen molar-refractivity contribution in [1.29, 1.82) is 0 Å². The normalized spacial score (nSPS) is 10.0. The molecule has 23 heavy (non-hydrogen) atoms.